The van der Waals surface area contributed by atoms with Crippen LogP contribution in [0.1, 0.15) is 31.5 Å². The summed E-state index contributed by atoms with van der Waals surface area (Å²) < 4.78 is 13.2. The highest BCUT2D eigenvalue weighted by atomic mass is 32.1. The molecule has 6 aromatic rings. The molecule has 0 radical (unpaired) electrons. The van der Waals surface area contributed by atoms with E-state index in [1.54, 1.807) is 50.4 Å². The molecule has 2 amide bonds. The highest BCUT2D eigenvalue weighted by Crippen LogP contribution is 2.31. The van der Waals surface area contributed by atoms with Gasteiger partial charge < -0.3 is 18.6 Å². The van der Waals surface area contributed by atoms with E-state index < -0.39 is 0 Å². The van der Waals surface area contributed by atoms with E-state index in [2.05, 4.69) is 10.3 Å². The molecule has 6 rings (SSSR count). The van der Waals surface area contributed by atoms with Crippen molar-refractivity contribution in [2.45, 2.75) is 19.9 Å². The van der Waals surface area contributed by atoms with E-state index in [0.717, 1.165) is 21.7 Å². The number of aryl methyl sites for hydroxylation is 3. The highest BCUT2D eigenvalue weighted by molar-refractivity contribution is 7.17. The Morgan fingerprint density at radius 2 is 1.81 bits per heavy atom. The molecule has 216 valence electrons. The first kappa shape index (κ1) is 27.9. The fourth-order valence-corrected chi connectivity index (χ4v) is 5.76. The van der Waals surface area contributed by atoms with Gasteiger partial charge in [0.1, 0.15) is 5.75 Å². The van der Waals surface area contributed by atoms with Crippen LogP contribution in [0.3, 0.4) is 0 Å². The molecule has 0 spiro atoms. The average Bonchev–Trinajstić information content (AvgIpc) is 3.78. The van der Waals surface area contributed by atoms with Crippen LogP contribution < -0.4 is 15.0 Å². The first-order chi connectivity index (χ1) is 20.9. The number of amides is 2. The number of aromatic nitrogens is 3. The normalized spacial score (nSPS) is 11.0. The summed E-state index contributed by atoms with van der Waals surface area (Å²) in [6.07, 6.45) is 2.30. The van der Waals surface area contributed by atoms with Gasteiger partial charge in [-0.05, 0) is 60.5 Å². The van der Waals surface area contributed by atoms with Gasteiger partial charge in [0.2, 0.25) is 5.95 Å². The Balaban J connectivity index is 1.32. The molecule has 0 fully saturated rings. The Morgan fingerprint density at radius 3 is 2.58 bits per heavy atom. The summed E-state index contributed by atoms with van der Waals surface area (Å²) in [6.45, 7) is 2.32. The maximum Gasteiger partial charge on any atom is 0.268 e. The monoisotopic (exact) mass is 591 g/mol. The number of anilines is 2. The number of methoxy groups -OCH3 is 1. The number of rotatable bonds is 9. The summed E-state index contributed by atoms with van der Waals surface area (Å²) in [5.74, 6) is 1.99. The fourth-order valence-electron chi connectivity index (χ4n) is 4.91. The molecule has 3 aromatic carbocycles. The van der Waals surface area contributed by atoms with Gasteiger partial charge in [-0.3, -0.25) is 14.9 Å². The van der Waals surface area contributed by atoms with E-state index in [-0.39, 0.29) is 11.8 Å². The van der Waals surface area contributed by atoms with Gasteiger partial charge in [-0.15, -0.1) is 11.3 Å². The number of hydrogen-bond donors (Lipinski definition) is 1. The van der Waals surface area contributed by atoms with E-state index >= 15 is 0 Å². The Hall–Kier alpha value is -5.22. The van der Waals surface area contributed by atoms with Crippen molar-refractivity contribution in [3.8, 4) is 16.4 Å². The zero-order valence-corrected chi connectivity index (χ0v) is 24.7. The van der Waals surface area contributed by atoms with E-state index in [0.29, 0.717) is 52.2 Å². The van der Waals surface area contributed by atoms with Crippen molar-refractivity contribution in [2.24, 2.45) is 0 Å². The average molecular weight is 592 g/mol. The number of thiophene rings is 1. The number of benzene rings is 3. The first-order valence-electron chi connectivity index (χ1n) is 13.7. The molecular weight excluding hydrogens is 562 g/mol. The molecule has 3 heterocycles. The molecule has 0 aliphatic heterocycles. The lowest BCUT2D eigenvalue weighted by atomic mass is 10.1. The standard InChI is InChI=1S/C33H29N5O4S/c1-21-34-20-28(42-21)29-15-16-30(43-29)31(39)36-33-35-25-19-24(37(2)32(40)23-10-5-4-6-11-23)13-14-26(25)38(33)18-17-22-9-7-8-12-27(22)41-3/h4-16,19-20H,17-18H2,1-3H3,(H,35,36,39). The van der Waals surface area contributed by atoms with Crippen molar-refractivity contribution in [1.29, 1.82) is 0 Å². The first-order valence-corrected chi connectivity index (χ1v) is 14.5. The zero-order valence-electron chi connectivity index (χ0n) is 23.9. The van der Waals surface area contributed by atoms with Gasteiger partial charge in [0, 0.05) is 31.8 Å². The molecule has 0 bridgehead atoms. The topological polar surface area (TPSA) is 102 Å². The van der Waals surface area contributed by atoms with Gasteiger partial charge in [0.15, 0.2) is 11.7 Å². The van der Waals surface area contributed by atoms with E-state index in [1.807, 2.05) is 71.3 Å². The van der Waals surface area contributed by atoms with E-state index in [4.69, 9.17) is 14.1 Å². The van der Waals surface area contributed by atoms with Crippen molar-refractivity contribution in [1.82, 2.24) is 14.5 Å². The minimum atomic E-state index is -0.280. The number of carbonyl (C=O) groups excluding carboxylic acids is 2. The summed E-state index contributed by atoms with van der Waals surface area (Å²) in [7, 11) is 3.39. The summed E-state index contributed by atoms with van der Waals surface area (Å²) in [4.78, 5) is 38.4. The van der Waals surface area contributed by atoms with Gasteiger partial charge in [-0.25, -0.2) is 9.97 Å². The third-order valence-corrected chi connectivity index (χ3v) is 8.26. The SMILES string of the molecule is COc1ccccc1CCn1c(NC(=O)c2ccc(-c3cnc(C)o3)s2)nc2cc(N(C)C(=O)c3ccccc3)ccc21. The van der Waals surface area contributed by atoms with Crippen molar-refractivity contribution in [3.05, 3.63) is 113 Å². The molecule has 0 aliphatic carbocycles. The fraction of sp³-hybridized carbons (Fsp3) is 0.152. The van der Waals surface area contributed by atoms with Crippen LogP contribution in [-0.2, 0) is 13.0 Å². The van der Waals surface area contributed by atoms with Crippen molar-refractivity contribution in [2.75, 3.05) is 24.4 Å². The number of oxazole rings is 1. The van der Waals surface area contributed by atoms with Crippen molar-refractivity contribution < 1.29 is 18.7 Å². The van der Waals surface area contributed by atoms with E-state index in [1.165, 1.54) is 11.3 Å². The number of para-hydroxylation sites is 1. The second-order valence-electron chi connectivity index (χ2n) is 9.91. The van der Waals surface area contributed by atoms with Crippen molar-refractivity contribution >= 4 is 45.8 Å². The van der Waals surface area contributed by atoms with Gasteiger partial charge in [-0.1, -0.05) is 36.4 Å². The van der Waals surface area contributed by atoms with Gasteiger partial charge in [0.25, 0.3) is 11.8 Å². The molecule has 43 heavy (non-hydrogen) atoms. The minimum Gasteiger partial charge on any atom is -0.496 e. The predicted octanol–water partition coefficient (Wildman–Crippen LogP) is 6.84. The summed E-state index contributed by atoms with van der Waals surface area (Å²) in [5.41, 5.74) is 3.82. The molecule has 3 aromatic heterocycles. The highest BCUT2D eigenvalue weighted by Gasteiger charge is 2.20. The van der Waals surface area contributed by atoms with Crippen LogP contribution in [0.5, 0.6) is 5.75 Å². The molecule has 10 heteroatoms. The minimum absolute atomic E-state index is 0.125. The Kier molecular flexibility index (Phi) is 7.76. The van der Waals surface area contributed by atoms with Gasteiger partial charge in [0.05, 0.1) is 34.1 Å². The van der Waals surface area contributed by atoms with Crippen LogP contribution in [0.4, 0.5) is 11.6 Å². The van der Waals surface area contributed by atoms with E-state index in [9.17, 15) is 9.59 Å². The zero-order chi connectivity index (χ0) is 29.9. The molecule has 0 atom stereocenters. The van der Waals surface area contributed by atoms with Crippen LogP contribution in [0.15, 0.2) is 95.5 Å². The smallest absolute Gasteiger partial charge is 0.268 e. The second-order valence-corrected chi connectivity index (χ2v) is 11.0. The number of imidazole rings is 1. The lowest BCUT2D eigenvalue weighted by Crippen LogP contribution is -2.26. The summed E-state index contributed by atoms with van der Waals surface area (Å²) in [6, 6.07) is 26.3. The number of fused-ring (bicyclic) bond motifs is 1. The maximum atomic E-state index is 13.4. The van der Waals surface area contributed by atoms with Crippen molar-refractivity contribution in [3.63, 3.8) is 0 Å². The van der Waals surface area contributed by atoms with Crippen LogP contribution in [0.25, 0.3) is 21.7 Å². The lowest BCUT2D eigenvalue weighted by Gasteiger charge is -2.17. The van der Waals surface area contributed by atoms with Gasteiger partial charge >= 0.3 is 0 Å². The predicted molar refractivity (Wildman–Crippen MR) is 168 cm³/mol. The molecule has 9 nitrogen and oxygen atoms in total. The van der Waals surface area contributed by atoms with Crippen LogP contribution >= 0.6 is 11.3 Å². The molecular formula is C33H29N5O4S. The molecule has 0 saturated carbocycles. The van der Waals surface area contributed by atoms with Gasteiger partial charge in [-0.2, -0.15) is 0 Å². The third kappa shape index (κ3) is 5.77. The number of carbonyl (C=O) groups is 2. The summed E-state index contributed by atoms with van der Waals surface area (Å²) in [5, 5.41) is 3.01. The molecule has 0 aliphatic rings. The Labute approximate surface area is 252 Å². The number of nitrogens with one attached hydrogen (secondary N) is 1. The Morgan fingerprint density at radius 1 is 1.02 bits per heavy atom. The maximum absolute atomic E-state index is 13.4. The molecule has 1 N–H and O–H groups in total. The van der Waals surface area contributed by atoms with Crippen LogP contribution in [-0.4, -0.2) is 40.5 Å². The summed E-state index contributed by atoms with van der Waals surface area (Å²) >= 11 is 1.32. The number of nitrogens with zero attached hydrogens (tertiary/aromatic N) is 4. The number of ether oxygens (including phenoxy) is 1. The lowest BCUT2D eigenvalue weighted by molar-refractivity contribution is 0.0991. The number of hydrogen-bond acceptors (Lipinski definition) is 7. The largest absolute Gasteiger partial charge is 0.496 e. The molecule has 0 saturated heterocycles. The molecule has 0 unspecified atom stereocenters. The second kappa shape index (κ2) is 11.9. The van der Waals surface area contributed by atoms with Crippen LogP contribution in [0, 0.1) is 6.92 Å². The quantitative estimate of drug-likeness (QED) is 0.198. The third-order valence-electron chi connectivity index (χ3n) is 7.16. The Bertz CT molecular complexity index is 1920. The van der Waals surface area contributed by atoms with Crippen LogP contribution in [0.2, 0.25) is 0 Å².